The summed E-state index contributed by atoms with van der Waals surface area (Å²) in [6.07, 6.45) is 0.177. The van der Waals surface area contributed by atoms with Crippen LogP contribution in [0.5, 0.6) is 0 Å². The molecule has 0 unspecified atom stereocenters. The molecule has 0 aliphatic carbocycles. The van der Waals surface area contributed by atoms with Gasteiger partial charge in [-0.15, -0.1) is 11.3 Å². The lowest BCUT2D eigenvalue weighted by Gasteiger charge is -2.15. The molecule has 23 heavy (non-hydrogen) atoms. The average Bonchev–Trinajstić information content (AvgIpc) is 3.17. The van der Waals surface area contributed by atoms with Crippen LogP contribution in [0, 0.1) is 0 Å². The highest BCUT2D eigenvalue weighted by molar-refractivity contribution is 8.01. The number of carbonyl (C=O) groups excluding carboxylic acids is 2. The Labute approximate surface area is 147 Å². The van der Waals surface area contributed by atoms with Crippen molar-refractivity contribution in [1.82, 2.24) is 9.88 Å². The van der Waals surface area contributed by atoms with Gasteiger partial charge in [-0.1, -0.05) is 11.8 Å². The van der Waals surface area contributed by atoms with Crippen LogP contribution in [0.15, 0.2) is 26.5 Å². The van der Waals surface area contributed by atoms with E-state index in [0.29, 0.717) is 24.6 Å². The maximum atomic E-state index is 12.1. The number of thiophene rings is 1. The van der Waals surface area contributed by atoms with Gasteiger partial charge >= 0.3 is 5.97 Å². The minimum atomic E-state index is -0.277. The third-order valence-corrected chi connectivity index (χ3v) is 5.69. The quantitative estimate of drug-likeness (QED) is 0.528. The Hall–Kier alpha value is -1.38. The number of carbonyl (C=O) groups is 2. The number of hydrogen-bond acceptors (Lipinski definition) is 7. The molecule has 2 aromatic heterocycles. The van der Waals surface area contributed by atoms with Gasteiger partial charge in [-0.25, -0.2) is 4.98 Å². The van der Waals surface area contributed by atoms with Crippen molar-refractivity contribution in [2.24, 2.45) is 0 Å². The summed E-state index contributed by atoms with van der Waals surface area (Å²) in [5, 5.41) is 5.88. The van der Waals surface area contributed by atoms with Gasteiger partial charge < -0.3 is 9.64 Å². The number of amides is 1. The van der Waals surface area contributed by atoms with E-state index in [0.717, 1.165) is 9.90 Å². The summed E-state index contributed by atoms with van der Waals surface area (Å²) in [6, 6.07) is 2.02. The van der Waals surface area contributed by atoms with Gasteiger partial charge in [-0.05, 0) is 29.3 Å². The lowest BCUT2D eigenvalue weighted by molar-refractivity contribution is -0.142. The average molecular weight is 371 g/mol. The van der Waals surface area contributed by atoms with E-state index in [2.05, 4.69) is 4.98 Å². The second-order valence-corrected chi connectivity index (χ2v) is 7.62. The molecule has 2 rings (SSSR count). The third-order valence-electron chi connectivity index (χ3n) is 2.91. The highest BCUT2D eigenvalue weighted by Crippen LogP contribution is 2.23. The zero-order valence-corrected chi connectivity index (χ0v) is 15.4. The molecule has 124 valence electrons. The lowest BCUT2D eigenvalue weighted by Crippen LogP contribution is -2.27. The predicted octanol–water partition coefficient (Wildman–Crippen LogP) is 3.06. The van der Waals surface area contributed by atoms with E-state index in [1.807, 2.05) is 22.2 Å². The SMILES string of the molecule is CCOC(=O)Cc1csc(SCC(=O)N(C)Cc2ccsc2)n1. The largest absolute Gasteiger partial charge is 0.466 e. The molecule has 2 heterocycles. The number of thiazole rings is 1. The van der Waals surface area contributed by atoms with Gasteiger partial charge in [-0.2, -0.15) is 11.3 Å². The van der Waals surface area contributed by atoms with Crippen molar-refractivity contribution < 1.29 is 14.3 Å². The van der Waals surface area contributed by atoms with Crippen LogP contribution in [0.4, 0.5) is 0 Å². The van der Waals surface area contributed by atoms with Crippen LogP contribution in [0.25, 0.3) is 0 Å². The maximum absolute atomic E-state index is 12.1. The molecule has 0 bridgehead atoms. The van der Waals surface area contributed by atoms with Crippen LogP contribution in [-0.2, 0) is 27.3 Å². The summed E-state index contributed by atoms with van der Waals surface area (Å²) in [6.45, 7) is 2.77. The second-order valence-electron chi connectivity index (χ2n) is 4.76. The van der Waals surface area contributed by atoms with Crippen molar-refractivity contribution in [2.45, 2.75) is 24.2 Å². The van der Waals surface area contributed by atoms with E-state index >= 15 is 0 Å². The van der Waals surface area contributed by atoms with Gasteiger partial charge in [-0.3, -0.25) is 9.59 Å². The first-order valence-electron chi connectivity index (χ1n) is 7.06. The van der Waals surface area contributed by atoms with Gasteiger partial charge in [0.1, 0.15) is 0 Å². The maximum Gasteiger partial charge on any atom is 0.311 e. The summed E-state index contributed by atoms with van der Waals surface area (Å²) in [7, 11) is 1.80. The molecule has 0 aliphatic heterocycles. The molecule has 8 heteroatoms. The van der Waals surface area contributed by atoms with E-state index < -0.39 is 0 Å². The topological polar surface area (TPSA) is 59.5 Å². The van der Waals surface area contributed by atoms with E-state index in [4.69, 9.17) is 4.74 Å². The fourth-order valence-corrected chi connectivity index (χ4v) is 4.22. The molecule has 5 nitrogen and oxygen atoms in total. The number of thioether (sulfide) groups is 1. The normalized spacial score (nSPS) is 10.5. The first-order valence-corrected chi connectivity index (χ1v) is 9.87. The molecule has 0 aromatic carbocycles. The molecule has 0 spiro atoms. The van der Waals surface area contributed by atoms with Crippen molar-refractivity contribution in [3.8, 4) is 0 Å². The van der Waals surface area contributed by atoms with Crippen LogP contribution < -0.4 is 0 Å². The van der Waals surface area contributed by atoms with Crippen molar-refractivity contribution in [2.75, 3.05) is 19.4 Å². The van der Waals surface area contributed by atoms with E-state index in [9.17, 15) is 9.59 Å². The lowest BCUT2D eigenvalue weighted by atomic mass is 10.3. The molecule has 2 aromatic rings. The first kappa shape index (κ1) is 18.0. The van der Waals surface area contributed by atoms with Crippen LogP contribution in [0.3, 0.4) is 0 Å². The van der Waals surface area contributed by atoms with Gasteiger partial charge in [0.25, 0.3) is 0 Å². The standard InChI is InChI=1S/C15H18N2O3S3/c1-3-20-14(19)6-12-9-22-15(16-12)23-10-13(18)17(2)7-11-4-5-21-8-11/h4-5,8-9H,3,6-7,10H2,1-2H3. The molecule has 0 radical (unpaired) electrons. The molecular formula is C15H18N2O3S3. The van der Waals surface area contributed by atoms with Crippen LogP contribution >= 0.6 is 34.4 Å². The highest BCUT2D eigenvalue weighted by atomic mass is 32.2. The van der Waals surface area contributed by atoms with Crippen LogP contribution in [-0.4, -0.2) is 41.2 Å². The fourth-order valence-electron chi connectivity index (χ4n) is 1.77. The molecule has 0 fully saturated rings. The van der Waals surface area contributed by atoms with Crippen molar-refractivity contribution in [1.29, 1.82) is 0 Å². The molecule has 0 saturated heterocycles. The Morgan fingerprint density at radius 1 is 1.39 bits per heavy atom. The molecule has 0 N–H and O–H groups in total. The Balaban J connectivity index is 1.78. The number of esters is 1. The van der Waals surface area contributed by atoms with Gasteiger partial charge in [0.2, 0.25) is 5.91 Å². The number of nitrogens with zero attached hydrogens (tertiary/aromatic N) is 2. The highest BCUT2D eigenvalue weighted by Gasteiger charge is 2.13. The summed E-state index contributed by atoms with van der Waals surface area (Å²) in [5.74, 6) is 0.122. The zero-order chi connectivity index (χ0) is 16.7. The van der Waals surface area contributed by atoms with E-state index in [1.165, 1.54) is 23.1 Å². The fraction of sp³-hybridized carbons (Fsp3) is 0.400. The number of rotatable bonds is 8. The summed E-state index contributed by atoms with van der Waals surface area (Å²) in [4.78, 5) is 29.6. The number of aromatic nitrogens is 1. The number of hydrogen-bond donors (Lipinski definition) is 0. The van der Waals surface area contributed by atoms with Crippen molar-refractivity contribution >= 4 is 46.3 Å². The second kappa shape index (κ2) is 9.05. The van der Waals surface area contributed by atoms with Gasteiger partial charge in [0.05, 0.1) is 24.5 Å². The zero-order valence-electron chi connectivity index (χ0n) is 13.0. The van der Waals surface area contributed by atoms with E-state index in [-0.39, 0.29) is 18.3 Å². The van der Waals surface area contributed by atoms with Gasteiger partial charge in [0.15, 0.2) is 4.34 Å². The Kier molecular flexibility index (Phi) is 7.07. The Bertz CT molecular complexity index is 640. The number of ether oxygens (including phenoxy) is 1. The molecule has 0 saturated carbocycles. The smallest absolute Gasteiger partial charge is 0.311 e. The Morgan fingerprint density at radius 2 is 2.22 bits per heavy atom. The van der Waals surface area contributed by atoms with Gasteiger partial charge in [0, 0.05) is 19.0 Å². The van der Waals surface area contributed by atoms with Crippen molar-refractivity contribution in [3.63, 3.8) is 0 Å². The Morgan fingerprint density at radius 3 is 2.91 bits per heavy atom. The third kappa shape index (κ3) is 5.96. The minimum Gasteiger partial charge on any atom is -0.466 e. The molecule has 0 atom stereocenters. The molecule has 0 aliphatic rings. The van der Waals surface area contributed by atoms with Crippen LogP contribution in [0.1, 0.15) is 18.2 Å². The molecular weight excluding hydrogens is 352 g/mol. The van der Waals surface area contributed by atoms with Crippen LogP contribution in [0.2, 0.25) is 0 Å². The van der Waals surface area contributed by atoms with E-state index in [1.54, 1.807) is 30.2 Å². The monoisotopic (exact) mass is 370 g/mol. The predicted molar refractivity (Wildman–Crippen MR) is 94.0 cm³/mol. The first-order chi connectivity index (χ1) is 11.1. The minimum absolute atomic E-state index is 0.0587. The summed E-state index contributed by atoms with van der Waals surface area (Å²) < 4.78 is 5.69. The molecule has 1 amide bonds. The van der Waals surface area contributed by atoms with Crippen molar-refractivity contribution in [3.05, 3.63) is 33.5 Å². The summed E-state index contributed by atoms with van der Waals surface area (Å²) in [5.41, 5.74) is 1.83. The summed E-state index contributed by atoms with van der Waals surface area (Å²) >= 11 is 4.47.